The van der Waals surface area contributed by atoms with Gasteiger partial charge in [0.2, 0.25) is 11.0 Å². The van der Waals surface area contributed by atoms with Crippen LogP contribution in [0, 0.1) is 11.6 Å². The van der Waals surface area contributed by atoms with E-state index in [0.717, 1.165) is 33.8 Å². The van der Waals surface area contributed by atoms with Crippen LogP contribution in [-0.4, -0.2) is 22.1 Å². The molecule has 206 valence electrons. The van der Waals surface area contributed by atoms with Gasteiger partial charge in [-0.3, -0.25) is 9.59 Å². The first kappa shape index (κ1) is 28.2. The normalized spacial score (nSPS) is 11.2. The van der Waals surface area contributed by atoms with Gasteiger partial charge in [-0.2, -0.15) is 13.2 Å². The molecule has 2 heterocycles. The number of esters is 1. The Kier molecular flexibility index (Phi) is 8.13. The lowest BCUT2D eigenvalue weighted by Gasteiger charge is -2.17. The van der Waals surface area contributed by atoms with E-state index in [1.54, 1.807) is 0 Å². The van der Waals surface area contributed by atoms with Gasteiger partial charge in [-0.25, -0.2) is 13.6 Å². The molecule has 5 aromatic rings. The van der Waals surface area contributed by atoms with Gasteiger partial charge in [0.1, 0.15) is 17.2 Å². The Hall–Kier alpha value is -4.80. The fraction of sp³-hybridized carbons (Fsp3) is 0.138. The van der Waals surface area contributed by atoms with Gasteiger partial charge in [-0.1, -0.05) is 36.4 Å². The zero-order valence-corrected chi connectivity index (χ0v) is 20.9. The molecule has 0 atom stereocenters. The van der Waals surface area contributed by atoms with E-state index in [4.69, 9.17) is 4.74 Å². The van der Waals surface area contributed by atoms with E-state index < -0.39 is 57.8 Å². The second-order valence-electron chi connectivity index (χ2n) is 8.54. The predicted molar refractivity (Wildman–Crippen MR) is 139 cm³/mol. The number of rotatable bonds is 4. The van der Waals surface area contributed by atoms with E-state index in [2.05, 4.69) is 4.98 Å². The molecule has 0 fully saturated rings. The van der Waals surface area contributed by atoms with Crippen LogP contribution in [0.4, 0.5) is 22.0 Å². The molecule has 0 saturated carbocycles. The number of aromatic amines is 1. The van der Waals surface area contributed by atoms with Crippen LogP contribution in [0.15, 0.2) is 88.6 Å². The molecule has 6 nitrogen and oxygen atoms in total. The first-order chi connectivity index (χ1) is 19.0. The SMILES string of the molecule is CCOC(=O)c1cn(Cc2ccccc2C(F)(F)F)c2c(F)ccc(F)c2c1=O.O=c1ccc2ccccc2[nH]1. The van der Waals surface area contributed by atoms with Crippen LogP contribution in [0.3, 0.4) is 0 Å². The smallest absolute Gasteiger partial charge is 0.416 e. The lowest BCUT2D eigenvalue weighted by Crippen LogP contribution is -2.23. The number of nitrogens with zero attached hydrogens (tertiary/aromatic N) is 1. The van der Waals surface area contributed by atoms with Gasteiger partial charge < -0.3 is 14.3 Å². The first-order valence-electron chi connectivity index (χ1n) is 11.9. The molecule has 0 aliphatic rings. The van der Waals surface area contributed by atoms with Crippen LogP contribution in [0.1, 0.15) is 28.4 Å². The lowest BCUT2D eigenvalue weighted by atomic mass is 10.1. The van der Waals surface area contributed by atoms with Crippen LogP contribution >= 0.6 is 0 Å². The van der Waals surface area contributed by atoms with Crippen molar-refractivity contribution in [3.05, 3.63) is 128 Å². The Morgan fingerprint density at radius 2 is 1.57 bits per heavy atom. The van der Waals surface area contributed by atoms with Crippen LogP contribution < -0.4 is 11.0 Å². The summed E-state index contributed by atoms with van der Waals surface area (Å²) in [7, 11) is 0. The van der Waals surface area contributed by atoms with Crippen molar-refractivity contribution in [2.24, 2.45) is 0 Å². The van der Waals surface area contributed by atoms with Crippen molar-refractivity contribution in [3.63, 3.8) is 0 Å². The molecular weight excluding hydrogens is 535 g/mol. The summed E-state index contributed by atoms with van der Waals surface area (Å²) in [6.07, 6.45) is -3.79. The van der Waals surface area contributed by atoms with Crippen molar-refractivity contribution in [1.82, 2.24) is 9.55 Å². The summed E-state index contributed by atoms with van der Waals surface area (Å²) in [6, 6.07) is 17.1. The number of benzene rings is 3. The summed E-state index contributed by atoms with van der Waals surface area (Å²) in [6.45, 7) is 0.843. The number of nitrogens with one attached hydrogen (secondary N) is 1. The number of carbonyl (C=O) groups excluding carboxylic acids is 1. The summed E-state index contributed by atoms with van der Waals surface area (Å²) in [5, 5.41) is 0.326. The average Bonchev–Trinajstić information content (AvgIpc) is 2.91. The van der Waals surface area contributed by atoms with Crippen molar-refractivity contribution in [2.75, 3.05) is 6.61 Å². The van der Waals surface area contributed by atoms with Crippen LogP contribution in [0.2, 0.25) is 0 Å². The Morgan fingerprint density at radius 3 is 2.30 bits per heavy atom. The van der Waals surface area contributed by atoms with Crippen molar-refractivity contribution >= 4 is 27.8 Å². The summed E-state index contributed by atoms with van der Waals surface area (Å²) >= 11 is 0. The standard InChI is InChI=1S/C20H14F5NO3.C9H7NO/c1-2-29-19(28)12-10-26(9-11-5-3-4-6-13(11)20(23,24)25)17-15(22)8-7-14(21)16(17)18(12)27;11-9-6-5-7-3-1-2-4-8(7)10-9/h3-8,10H,2,9H2,1H3;1-6H,(H,10,11). The van der Waals surface area contributed by atoms with Gasteiger partial charge in [0, 0.05) is 24.3 Å². The topological polar surface area (TPSA) is 81.2 Å². The number of hydrogen-bond donors (Lipinski definition) is 1. The van der Waals surface area contributed by atoms with E-state index in [9.17, 15) is 36.3 Å². The quantitative estimate of drug-likeness (QED) is 0.216. The van der Waals surface area contributed by atoms with Gasteiger partial charge in [0.15, 0.2) is 0 Å². The number of aromatic nitrogens is 2. The number of halogens is 5. The van der Waals surface area contributed by atoms with Gasteiger partial charge in [0.05, 0.1) is 23.1 Å². The van der Waals surface area contributed by atoms with Gasteiger partial charge in [-0.15, -0.1) is 0 Å². The highest BCUT2D eigenvalue weighted by Gasteiger charge is 2.33. The molecule has 0 aliphatic carbocycles. The minimum atomic E-state index is -4.68. The maximum atomic E-state index is 14.5. The Balaban J connectivity index is 0.000000278. The molecule has 0 unspecified atom stereocenters. The summed E-state index contributed by atoms with van der Waals surface area (Å²) in [5.74, 6) is -3.20. The molecule has 5 rings (SSSR count). The van der Waals surface area contributed by atoms with Crippen molar-refractivity contribution in [1.29, 1.82) is 0 Å². The number of para-hydroxylation sites is 1. The number of ether oxygens (including phenoxy) is 1. The number of carbonyl (C=O) groups is 1. The Bertz CT molecular complexity index is 1830. The van der Waals surface area contributed by atoms with E-state index >= 15 is 0 Å². The third kappa shape index (κ3) is 5.93. The van der Waals surface area contributed by atoms with Gasteiger partial charge in [-0.05, 0) is 48.2 Å². The first-order valence-corrected chi connectivity index (χ1v) is 11.9. The monoisotopic (exact) mass is 556 g/mol. The molecule has 0 amide bonds. The molecule has 0 bridgehead atoms. The molecule has 0 saturated heterocycles. The fourth-order valence-electron chi connectivity index (χ4n) is 4.14. The zero-order chi connectivity index (χ0) is 29.0. The van der Waals surface area contributed by atoms with E-state index in [1.807, 2.05) is 30.3 Å². The largest absolute Gasteiger partial charge is 0.462 e. The summed E-state index contributed by atoms with van der Waals surface area (Å²) < 4.78 is 74.4. The van der Waals surface area contributed by atoms with Gasteiger partial charge in [0.25, 0.3) is 0 Å². The molecular formula is C29H21F5N2O4. The number of H-pyrrole nitrogens is 1. The minimum absolute atomic E-state index is 0.0521. The van der Waals surface area contributed by atoms with Gasteiger partial charge >= 0.3 is 12.1 Å². The molecule has 1 N–H and O–H groups in total. The molecule has 2 aromatic heterocycles. The van der Waals surface area contributed by atoms with Crippen molar-refractivity contribution in [2.45, 2.75) is 19.6 Å². The Morgan fingerprint density at radius 1 is 0.900 bits per heavy atom. The van der Waals surface area contributed by atoms with E-state index in [1.165, 1.54) is 31.2 Å². The van der Waals surface area contributed by atoms with Crippen LogP contribution in [-0.2, 0) is 17.5 Å². The second kappa shape index (κ2) is 11.5. The summed E-state index contributed by atoms with van der Waals surface area (Å²) in [4.78, 5) is 38.2. The number of alkyl halides is 3. The predicted octanol–water partition coefficient (Wildman–Crippen LogP) is 6.05. The highest BCUT2D eigenvalue weighted by molar-refractivity contribution is 5.94. The second-order valence-corrected chi connectivity index (χ2v) is 8.54. The number of fused-ring (bicyclic) bond motifs is 2. The minimum Gasteiger partial charge on any atom is -0.462 e. The maximum Gasteiger partial charge on any atom is 0.416 e. The average molecular weight is 556 g/mol. The van der Waals surface area contributed by atoms with E-state index in [0.29, 0.717) is 6.07 Å². The highest BCUT2D eigenvalue weighted by atomic mass is 19.4. The van der Waals surface area contributed by atoms with Crippen LogP contribution in [0.25, 0.3) is 21.8 Å². The fourth-order valence-corrected chi connectivity index (χ4v) is 4.14. The van der Waals surface area contributed by atoms with Crippen molar-refractivity contribution < 1.29 is 31.5 Å². The van der Waals surface area contributed by atoms with E-state index in [-0.39, 0.29) is 17.7 Å². The third-order valence-electron chi connectivity index (χ3n) is 5.91. The molecule has 0 aliphatic heterocycles. The molecule has 0 radical (unpaired) electrons. The summed E-state index contributed by atoms with van der Waals surface area (Å²) in [5.41, 5.74) is -2.63. The zero-order valence-electron chi connectivity index (χ0n) is 20.9. The maximum absolute atomic E-state index is 14.5. The lowest BCUT2D eigenvalue weighted by molar-refractivity contribution is -0.138. The molecule has 0 spiro atoms. The third-order valence-corrected chi connectivity index (χ3v) is 5.91. The highest BCUT2D eigenvalue weighted by Crippen LogP contribution is 2.33. The molecule has 11 heteroatoms. The molecule has 40 heavy (non-hydrogen) atoms. The molecule has 3 aromatic carbocycles. The van der Waals surface area contributed by atoms with Crippen molar-refractivity contribution in [3.8, 4) is 0 Å². The van der Waals surface area contributed by atoms with Crippen LogP contribution in [0.5, 0.6) is 0 Å². The number of hydrogen-bond acceptors (Lipinski definition) is 4. The number of pyridine rings is 2. The Labute approximate surface area is 223 Å².